The van der Waals surface area contributed by atoms with E-state index in [-0.39, 0.29) is 11.0 Å². The predicted molar refractivity (Wildman–Crippen MR) is 56.9 cm³/mol. The van der Waals surface area contributed by atoms with Gasteiger partial charge in [-0.15, -0.1) is 0 Å². The number of alkyl halides is 1. The second kappa shape index (κ2) is 5.29. The van der Waals surface area contributed by atoms with Crippen molar-refractivity contribution in [3.63, 3.8) is 0 Å². The minimum Gasteiger partial charge on any atom is -0.464 e. The number of aliphatic hydroxyl groups excluding tert-OH is 2. The molecule has 5 nitrogen and oxygen atoms in total. The molecule has 0 fully saturated rings. The lowest BCUT2D eigenvalue weighted by atomic mass is 10.1. The van der Waals surface area contributed by atoms with Crippen molar-refractivity contribution in [1.82, 2.24) is 4.98 Å². The van der Waals surface area contributed by atoms with Gasteiger partial charge in [0.2, 0.25) is 0 Å². The highest BCUT2D eigenvalue weighted by atomic mass is 79.9. The van der Waals surface area contributed by atoms with Gasteiger partial charge in [0.15, 0.2) is 0 Å². The normalized spacial score (nSPS) is 14.7. The van der Waals surface area contributed by atoms with Crippen molar-refractivity contribution in [1.29, 1.82) is 0 Å². The lowest BCUT2D eigenvalue weighted by Gasteiger charge is -2.13. The van der Waals surface area contributed by atoms with Crippen molar-refractivity contribution in [2.45, 2.75) is 12.2 Å². The number of aromatic nitrogens is 1. The van der Waals surface area contributed by atoms with E-state index in [1.54, 1.807) is 0 Å². The number of hydrogen-bond donors (Lipinski definition) is 3. The van der Waals surface area contributed by atoms with E-state index in [0.717, 1.165) is 0 Å². The highest BCUT2D eigenvalue weighted by molar-refractivity contribution is 9.09. The van der Waals surface area contributed by atoms with E-state index in [1.807, 2.05) is 0 Å². The van der Waals surface area contributed by atoms with Gasteiger partial charge < -0.3 is 19.9 Å². The zero-order valence-corrected chi connectivity index (χ0v) is 9.69. The van der Waals surface area contributed by atoms with Gasteiger partial charge in [0.05, 0.1) is 13.2 Å². The Hall–Kier alpha value is -0.850. The molecule has 15 heavy (non-hydrogen) atoms. The van der Waals surface area contributed by atoms with Gasteiger partial charge in [0, 0.05) is 17.1 Å². The van der Waals surface area contributed by atoms with E-state index in [0.29, 0.717) is 5.56 Å². The van der Waals surface area contributed by atoms with Crippen molar-refractivity contribution in [3.8, 4) is 0 Å². The Bertz CT molecular complexity index is 339. The van der Waals surface area contributed by atoms with E-state index in [4.69, 9.17) is 0 Å². The first-order valence-electron chi connectivity index (χ1n) is 4.29. The van der Waals surface area contributed by atoms with Crippen LogP contribution in [0.5, 0.6) is 0 Å². The summed E-state index contributed by atoms with van der Waals surface area (Å²) in [6.45, 7) is 0. The van der Waals surface area contributed by atoms with Crippen molar-refractivity contribution in [2.24, 2.45) is 0 Å². The van der Waals surface area contributed by atoms with E-state index in [2.05, 4.69) is 25.7 Å². The Morgan fingerprint density at radius 3 is 2.87 bits per heavy atom. The summed E-state index contributed by atoms with van der Waals surface area (Å²) in [7, 11) is 1.27. The molecular formula is C9H12BrNO4. The number of methoxy groups -OCH3 is 1. The highest BCUT2D eigenvalue weighted by Gasteiger charge is 2.19. The Labute approximate surface area is 95.2 Å². The molecule has 0 radical (unpaired) electrons. The summed E-state index contributed by atoms with van der Waals surface area (Å²) in [4.78, 5) is 13.7. The molecule has 84 valence electrons. The van der Waals surface area contributed by atoms with Gasteiger partial charge in [-0.3, -0.25) is 0 Å². The second-order valence-corrected chi connectivity index (χ2v) is 3.65. The second-order valence-electron chi connectivity index (χ2n) is 3.00. The quantitative estimate of drug-likeness (QED) is 0.556. The molecule has 1 aromatic rings. The van der Waals surface area contributed by atoms with Crippen LogP contribution in [0.15, 0.2) is 12.3 Å². The molecule has 3 N–H and O–H groups in total. The molecule has 0 aliphatic rings. The Morgan fingerprint density at radius 2 is 2.33 bits per heavy atom. The fraction of sp³-hybridized carbons (Fsp3) is 0.444. The number of esters is 1. The Kier molecular flexibility index (Phi) is 4.31. The van der Waals surface area contributed by atoms with Crippen LogP contribution in [0.2, 0.25) is 0 Å². The largest absolute Gasteiger partial charge is 0.464 e. The molecule has 1 aromatic heterocycles. The number of halogens is 1. The van der Waals surface area contributed by atoms with Crippen LogP contribution in [-0.2, 0) is 4.74 Å². The van der Waals surface area contributed by atoms with Crippen LogP contribution < -0.4 is 0 Å². The smallest absolute Gasteiger partial charge is 0.354 e. The third-order valence-electron chi connectivity index (χ3n) is 1.97. The number of carbonyl (C=O) groups excluding carboxylic acids is 1. The van der Waals surface area contributed by atoms with E-state index in [1.165, 1.54) is 19.4 Å². The summed E-state index contributed by atoms with van der Waals surface area (Å²) >= 11 is 3.05. The summed E-state index contributed by atoms with van der Waals surface area (Å²) in [6.07, 6.45) is -0.478. The average Bonchev–Trinajstić information content (AvgIpc) is 2.75. The molecular weight excluding hydrogens is 266 g/mol. The highest BCUT2D eigenvalue weighted by Crippen LogP contribution is 2.19. The number of aliphatic hydroxyl groups is 2. The monoisotopic (exact) mass is 277 g/mol. The van der Waals surface area contributed by atoms with Gasteiger partial charge in [0.25, 0.3) is 0 Å². The summed E-state index contributed by atoms with van der Waals surface area (Å²) in [5, 5.41) is 19.2. The molecule has 0 aromatic carbocycles. The molecule has 0 bridgehead atoms. The Balaban J connectivity index is 2.79. The topological polar surface area (TPSA) is 82.6 Å². The summed E-state index contributed by atoms with van der Waals surface area (Å²) in [5.74, 6) is -0.512. The maximum Gasteiger partial charge on any atom is 0.354 e. The van der Waals surface area contributed by atoms with Gasteiger partial charge in [-0.05, 0) is 6.07 Å². The molecule has 6 heteroatoms. The summed E-state index contributed by atoms with van der Waals surface area (Å²) < 4.78 is 4.49. The van der Waals surface area contributed by atoms with Gasteiger partial charge in [-0.1, -0.05) is 15.9 Å². The maximum absolute atomic E-state index is 11.1. The molecule has 0 saturated carbocycles. The van der Waals surface area contributed by atoms with Crippen molar-refractivity contribution in [3.05, 3.63) is 23.5 Å². The van der Waals surface area contributed by atoms with E-state index < -0.39 is 18.2 Å². The number of rotatable bonds is 4. The molecule has 0 aliphatic carbocycles. The molecule has 0 amide bonds. The third kappa shape index (κ3) is 2.80. The van der Waals surface area contributed by atoms with Crippen LogP contribution in [0.25, 0.3) is 0 Å². The fourth-order valence-corrected chi connectivity index (χ4v) is 1.47. The number of nitrogens with one attached hydrogen (secondary N) is 1. The standard InChI is InChI=1S/C9H12BrNO4/c1-15-9(14)6-2-5(4-11-6)8(13)7(12)3-10/h2,4,7-8,11-13H,3H2,1H3. The van der Waals surface area contributed by atoms with Crippen LogP contribution in [0, 0.1) is 0 Å². The first-order valence-corrected chi connectivity index (χ1v) is 5.41. The lowest BCUT2D eigenvalue weighted by molar-refractivity contribution is 0.0343. The zero-order valence-electron chi connectivity index (χ0n) is 8.11. The first-order chi connectivity index (χ1) is 7.10. The molecule has 1 heterocycles. The molecule has 2 unspecified atom stereocenters. The number of ether oxygens (including phenoxy) is 1. The van der Waals surface area contributed by atoms with Gasteiger partial charge in [-0.25, -0.2) is 4.79 Å². The van der Waals surface area contributed by atoms with Crippen LogP contribution >= 0.6 is 15.9 Å². The van der Waals surface area contributed by atoms with Gasteiger partial charge in [0.1, 0.15) is 11.8 Å². The number of aromatic amines is 1. The van der Waals surface area contributed by atoms with Crippen LogP contribution in [0.4, 0.5) is 0 Å². The maximum atomic E-state index is 11.1. The molecule has 0 spiro atoms. The molecule has 0 aliphatic heterocycles. The summed E-state index contributed by atoms with van der Waals surface area (Å²) in [5.41, 5.74) is 0.690. The number of hydrogen-bond acceptors (Lipinski definition) is 4. The fourth-order valence-electron chi connectivity index (χ4n) is 1.12. The zero-order chi connectivity index (χ0) is 11.4. The SMILES string of the molecule is COC(=O)c1cc(C(O)C(O)CBr)c[nH]1. The minimum atomic E-state index is -1.03. The number of carbonyl (C=O) groups is 1. The van der Waals surface area contributed by atoms with Crippen LogP contribution in [0.3, 0.4) is 0 Å². The predicted octanol–water partition coefficient (Wildman–Crippen LogP) is 0.591. The van der Waals surface area contributed by atoms with Crippen molar-refractivity contribution < 1.29 is 19.7 Å². The van der Waals surface area contributed by atoms with Gasteiger partial charge in [-0.2, -0.15) is 0 Å². The van der Waals surface area contributed by atoms with Crippen LogP contribution in [0.1, 0.15) is 22.2 Å². The lowest BCUT2D eigenvalue weighted by Crippen LogP contribution is -2.18. The number of H-pyrrole nitrogens is 1. The first kappa shape index (κ1) is 12.2. The van der Waals surface area contributed by atoms with Crippen LogP contribution in [-0.4, -0.2) is 39.7 Å². The third-order valence-corrected chi connectivity index (χ3v) is 2.64. The minimum absolute atomic E-state index is 0.244. The van der Waals surface area contributed by atoms with Crippen molar-refractivity contribution in [2.75, 3.05) is 12.4 Å². The van der Waals surface area contributed by atoms with E-state index in [9.17, 15) is 15.0 Å². The Morgan fingerprint density at radius 1 is 1.67 bits per heavy atom. The molecule has 1 rings (SSSR count). The summed E-state index contributed by atoms with van der Waals surface area (Å²) in [6, 6.07) is 1.45. The van der Waals surface area contributed by atoms with E-state index >= 15 is 0 Å². The average molecular weight is 278 g/mol. The van der Waals surface area contributed by atoms with Gasteiger partial charge >= 0.3 is 5.97 Å². The molecule has 2 atom stereocenters. The van der Waals surface area contributed by atoms with Crippen molar-refractivity contribution >= 4 is 21.9 Å². The molecule has 0 saturated heterocycles.